The van der Waals surface area contributed by atoms with Crippen LogP contribution in [0.5, 0.6) is 0 Å². The minimum atomic E-state index is -5.08. The largest absolute Gasteiger partial charge is 0.490 e. The van der Waals surface area contributed by atoms with Crippen LogP contribution in [0.25, 0.3) is 0 Å². The first kappa shape index (κ1) is 13.1. The molecule has 8 heteroatoms. The first-order valence-electron chi connectivity index (χ1n) is 3.38. The molecule has 0 bridgehead atoms. The maximum Gasteiger partial charge on any atom is 0.490 e. The van der Waals surface area contributed by atoms with Crippen LogP contribution in [0.3, 0.4) is 0 Å². The van der Waals surface area contributed by atoms with Crippen LogP contribution >= 0.6 is 11.8 Å². The smallest absolute Gasteiger partial charge is 0.475 e. The fraction of sp³-hybridized carbons (Fsp3) is 0.667. The molecule has 4 nitrogen and oxygen atoms in total. The monoisotopic (exact) mass is 228 g/mol. The number of hydrogen-bond acceptors (Lipinski definition) is 4. The summed E-state index contributed by atoms with van der Waals surface area (Å²) in [6, 6.07) is 2.25. The third kappa shape index (κ3) is 5.66. The van der Waals surface area contributed by atoms with Crippen molar-refractivity contribution in [3.8, 4) is 6.07 Å². The molecule has 80 valence electrons. The van der Waals surface area contributed by atoms with Crippen LogP contribution in [0.1, 0.15) is 0 Å². The number of halogens is 3. The van der Waals surface area contributed by atoms with Gasteiger partial charge < -0.3 is 5.11 Å². The van der Waals surface area contributed by atoms with Gasteiger partial charge in [0.05, 0.1) is 6.07 Å². The van der Waals surface area contributed by atoms with E-state index in [0.29, 0.717) is 0 Å². The Morgan fingerprint density at radius 3 is 2.29 bits per heavy atom. The van der Waals surface area contributed by atoms with Gasteiger partial charge in [0, 0.05) is 11.6 Å². The molecular formula is C6H7F3N2O2S. The molecule has 0 aromatic rings. The number of nitriles is 1. The molecule has 0 saturated carbocycles. The van der Waals surface area contributed by atoms with Gasteiger partial charge in [-0.2, -0.15) is 18.4 Å². The van der Waals surface area contributed by atoms with Gasteiger partial charge in [0.1, 0.15) is 6.04 Å². The molecule has 1 aliphatic rings. The van der Waals surface area contributed by atoms with Crippen LogP contribution in [0.2, 0.25) is 0 Å². The number of nitrogens with zero attached hydrogens (tertiary/aromatic N) is 1. The Bertz CT molecular complexity index is 232. The molecule has 1 rings (SSSR count). The Hall–Kier alpha value is -0.940. The molecule has 1 unspecified atom stereocenters. The average molecular weight is 228 g/mol. The molecule has 0 amide bonds. The average Bonchev–Trinajstić information content (AvgIpc) is 2.54. The van der Waals surface area contributed by atoms with Crippen molar-refractivity contribution in [2.75, 3.05) is 11.6 Å². The summed E-state index contributed by atoms with van der Waals surface area (Å²) in [6.07, 6.45) is -5.08. The SMILES string of the molecule is N#CC1CSCN1.O=C(O)C(F)(F)F. The van der Waals surface area contributed by atoms with Crippen LogP contribution in [-0.4, -0.2) is 34.9 Å². The lowest BCUT2D eigenvalue weighted by Gasteiger charge is -1.93. The summed E-state index contributed by atoms with van der Waals surface area (Å²) in [5.41, 5.74) is 0. The zero-order valence-corrected chi connectivity index (χ0v) is 7.65. The number of hydrogen-bond donors (Lipinski definition) is 2. The molecule has 1 aliphatic heterocycles. The topological polar surface area (TPSA) is 73.1 Å². The number of thioether (sulfide) groups is 1. The lowest BCUT2D eigenvalue weighted by atomic mass is 10.4. The van der Waals surface area contributed by atoms with Crippen molar-refractivity contribution in [1.82, 2.24) is 5.32 Å². The van der Waals surface area contributed by atoms with Crippen molar-refractivity contribution >= 4 is 17.7 Å². The number of carbonyl (C=O) groups is 1. The van der Waals surface area contributed by atoms with Gasteiger partial charge in [-0.15, -0.1) is 11.8 Å². The summed E-state index contributed by atoms with van der Waals surface area (Å²) in [4.78, 5) is 8.90. The highest BCUT2D eigenvalue weighted by Crippen LogP contribution is 2.13. The fourth-order valence-electron chi connectivity index (χ4n) is 0.478. The highest BCUT2D eigenvalue weighted by atomic mass is 32.2. The summed E-state index contributed by atoms with van der Waals surface area (Å²) in [7, 11) is 0. The van der Waals surface area contributed by atoms with Gasteiger partial charge in [-0.25, -0.2) is 4.79 Å². The highest BCUT2D eigenvalue weighted by Gasteiger charge is 2.38. The molecule has 0 spiro atoms. The lowest BCUT2D eigenvalue weighted by Crippen LogP contribution is -2.21. The molecule has 0 radical (unpaired) electrons. The van der Waals surface area contributed by atoms with Crippen molar-refractivity contribution < 1.29 is 23.1 Å². The molecule has 1 fully saturated rings. The lowest BCUT2D eigenvalue weighted by molar-refractivity contribution is -0.192. The number of aliphatic carboxylic acids is 1. The van der Waals surface area contributed by atoms with Crippen LogP contribution in [0, 0.1) is 11.3 Å². The van der Waals surface area contributed by atoms with E-state index in [4.69, 9.17) is 15.2 Å². The first-order valence-corrected chi connectivity index (χ1v) is 4.54. The standard InChI is InChI=1S/C4H6N2S.C2HF3O2/c5-1-4-2-7-3-6-4;3-2(4,5)1(6)7/h4,6H,2-3H2;(H,6,7). The van der Waals surface area contributed by atoms with E-state index < -0.39 is 12.1 Å². The third-order valence-corrected chi connectivity index (χ3v) is 2.05. The molecular weight excluding hydrogens is 221 g/mol. The maximum absolute atomic E-state index is 10.6. The fourth-order valence-corrected chi connectivity index (χ4v) is 1.34. The van der Waals surface area contributed by atoms with E-state index >= 15 is 0 Å². The molecule has 0 aliphatic carbocycles. The molecule has 1 atom stereocenters. The van der Waals surface area contributed by atoms with Gasteiger partial charge in [-0.1, -0.05) is 0 Å². The molecule has 2 N–H and O–H groups in total. The van der Waals surface area contributed by atoms with Crippen molar-refractivity contribution in [3.63, 3.8) is 0 Å². The minimum Gasteiger partial charge on any atom is -0.475 e. The molecule has 0 aromatic carbocycles. The summed E-state index contributed by atoms with van der Waals surface area (Å²) in [5.74, 6) is -0.859. The van der Waals surface area contributed by atoms with Crippen LogP contribution < -0.4 is 5.32 Å². The van der Waals surface area contributed by atoms with Gasteiger partial charge in [0.25, 0.3) is 0 Å². The van der Waals surface area contributed by atoms with E-state index in [1.54, 1.807) is 11.8 Å². The van der Waals surface area contributed by atoms with Gasteiger partial charge in [0.15, 0.2) is 0 Å². The van der Waals surface area contributed by atoms with Crippen LogP contribution in [-0.2, 0) is 4.79 Å². The quantitative estimate of drug-likeness (QED) is 0.641. The number of alkyl halides is 3. The van der Waals surface area contributed by atoms with Crippen molar-refractivity contribution in [2.45, 2.75) is 12.2 Å². The number of rotatable bonds is 0. The normalized spacial score (nSPS) is 20.6. The van der Waals surface area contributed by atoms with E-state index in [1.165, 1.54) is 0 Å². The molecule has 0 aromatic heterocycles. The first-order chi connectivity index (χ1) is 6.38. The van der Waals surface area contributed by atoms with Gasteiger partial charge in [-0.3, -0.25) is 5.32 Å². The number of nitrogens with one attached hydrogen (secondary N) is 1. The third-order valence-electron chi connectivity index (χ3n) is 1.11. The van der Waals surface area contributed by atoms with Gasteiger partial charge in [-0.05, 0) is 0 Å². The second-order valence-electron chi connectivity index (χ2n) is 2.20. The summed E-state index contributed by atoms with van der Waals surface area (Å²) >= 11 is 1.77. The van der Waals surface area contributed by atoms with Crippen LogP contribution in [0.15, 0.2) is 0 Å². The maximum atomic E-state index is 10.6. The Labute approximate surface area is 82.1 Å². The Morgan fingerprint density at radius 2 is 2.14 bits per heavy atom. The predicted molar refractivity (Wildman–Crippen MR) is 43.6 cm³/mol. The summed E-state index contributed by atoms with van der Waals surface area (Å²) in [5, 5.41) is 18.4. The van der Waals surface area contributed by atoms with E-state index in [2.05, 4.69) is 11.4 Å². The Kier molecular flexibility index (Phi) is 5.34. The number of carboxylic acids is 1. The van der Waals surface area contributed by atoms with Crippen molar-refractivity contribution in [1.29, 1.82) is 5.26 Å². The van der Waals surface area contributed by atoms with Crippen LogP contribution in [0.4, 0.5) is 13.2 Å². The Balaban J connectivity index is 0.000000241. The highest BCUT2D eigenvalue weighted by molar-refractivity contribution is 7.99. The minimum absolute atomic E-state index is 0.116. The zero-order valence-electron chi connectivity index (χ0n) is 6.84. The summed E-state index contributed by atoms with van der Waals surface area (Å²) < 4.78 is 31.7. The molecule has 14 heavy (non-hydrogen) atoms. The van der Waals surface area contributed by atoms with E-state index in [9.17, 15) is 13.2 Å². The van der Waals surface area contributed by atoms with E-state index in [1.807, 2.05) is 0 Å². The predicted octanol–water partition coefficient (Wildman–Crippen LogP) is 0.806. The molecule has 1 saturated heterocycles. The van der Waals surface area contributed by atoms with Gasteiger partial charge in [0.2, 0.25) is 0 Å². The second-order valence-corrected chi connectivity index (χ2v) is 3.23. The zero-order chi connectivity index (χ0) is 11.2. The van der Waals surface area contributed by atoms with E-state index in [-0.39, 0.29) is 6.04 Å². The molecule has 1 heterocycles. The van der Waals surface area contributed by atoms with Gasteiger partial charge >= 0.3 is 12.1 Å². The van der Waals surface area contributed by atoms with Crippen molar-refractivity contribution in [3.05, 3.63) is 0 Å². The van der Waals surface area contributed by atoms with Crippen molar-refractivity contribution in [2.24, 2.45) is 0 Å². The number of carboxylic acid groups (broad SMARTS) is 1. The summed E-state index contributed by atoms with van der Waals surface area (Å²) in [6.45, 7) is 0. The Morgan fingerprint density at radius 1 is 1.64 bits per heavy atom. The van der Waals surface area contributed by atoms with E-state index in [0.717, 1.165) is 11.6 Å². The second kappa shape index (κ2) is 5.72.